The summed E-state index contributed by atoms with van der Waals surface area (Å²) < 4.78 is 23.1. The fourth-order valence-corrected chi connectivity index (χ4v) is 1.40. The maximum absolute atomic E-state index is 13.7. The molecule has 0 bridgehead atoms. The molecule has 0 spiro atoms. The summed E-state index contributed by atoms with van der Waals surface area (Å²) in [4.78, 5) is 24.8. The Kier molecular flexibility index (Phi) is 3.69. The van der Waals surface area contributed by atoms with Gasteiger partial charge in [-0.25, -0.2) is 9.18 Å². The highest BCUT2D eigenvalue weighted by Crippen LogP contribution is 2.24. The van der Waals surface area contributed by atoms with Gasteiger partial charge in [-0.2, -0.15) is 4.98 Å². The Hall–Kier alpha value is -2.84. The number of nitrogens with zero attached hydrogens (tertiary/aromatic N) is 3. The van der Waals surface area contributed by atoms with E-state index in [0.717, 1.165) is 18.2 Å². The van der Waals surface area contributed by atoms with Crippen LogP contribution in [0, 0.1) is 15.9 Å². The molecule has 0 fully saturated rings. The number of carbonyl (C=O) groups is 1. The highest BCUT2D eigenvalue weighted by atomic mass is 19.1. The van der Waals surface area contributed by atoms with E-state index in [1.807, 2.05) is 0 Å². The van der Waals surface area contributed by atoms with E-state index in [-0.39, 0.29) is 23.9 Å². The summed E-state index contributed by atoms with van der Waals surface area (Å²) in [6, 6.07) is 2.94. The largest absolute Gasteiger partial charge is 0.460 e. The predicted molar refractivity (Wildman–Crippen MR) is 62.3 cm³/mol. The molecule has 1 heterocycles. The second kappa shape index (κ2) is 5.43. The second-order valence-corrected chi connectivity index (χ2v) is 3.56. The average molecular weight is 281 g/mol. The number of aromatic nitrogens is 2. The number of nitro benzene ring substituents is 1. The van der Waals surface area contributed by atoms with Gasteiger partial charge in [-0.05, 0) is 18.1 Å². The third-order valence-electron chi connectivity index (χ3n) is 2.28. The minimum Gasteiger partial charge on any atom is -0.460 e. The van der Waals surface area contributed by atoms with Crippen molar-refractivity contribution < 1.29 is 23.4 Å². The number of rotatable bonds is 4. The van der Waals surface area contributed by atoms with E-state index in [9.17, 15) is 19.3 Å². The van der Waals surface area contributed by atoms with Gasteiger partial charge in [0.25, 0.3) is 17.4 Å². The van der Waals surface area contributed by atoms with Gasteiger partial charge in [0.05, 0.1) is 23.2 Å². The highest BCUT2D eigenvalue weighted by Gasteiger charge is 2.20. The standard InChI is InChI=1S/C11H8FN3O5/c1-2-19-11(16)9-13-10(20-14-9)7-4-3-6(15(17)18)5-8(7)12/h3-5H,2H2,1H3. The third-order valence-corrected chi connectivity index (χ3v) is 2.28. The van der Waals surface area contributed by atoms with Gasteiger partial charge in [0.1, 0.15) is 5.82 Å². The van der Waals surface area contributed by atoms with Crippen LogP contribution in [0.4, 0.5) is 10.1 Å². The first-order chi connectivity index (χ1) is 9.52. The number of non-ortho nitro benzene ring substituents is 1. The van der Waals surface area contributed by atoms with Crippen LogP contribution in [0.25, 0.3) is 11.5 Å². The van der Waals surface area contributed by atoms with Crippen LogP contribution in [0.2, 0.25) is 0 Å². The molecule has 0 amide bonds. The van der Waals surface area contributed by atoms with Gasteiger partial charge in [0, 0.05) is 6.07 Å². The maximum atomic E-state index is 13.7. The Morgan fingerprint density at radius 2 is 2.30 bits per heavy atom. The smallest absolute Gasteiger partial charge is 0.379 e. The van der Waals surface area contributed by atoms with E-state index in [1.165, 1.54) is 0 Å². The fourth-order valence-electron chi connectivity index (χ4n) is 1.40. The lowest BCUT2D eigenvalue weighted by Gasteiger charge is -1.97. The first-order valence-corrected chi connectivity index (χ1v) is 5.48. The summed E-state index contributed by atoms with van der Waals surface area (Å²) >= 11 is 0. The zero-order chi connectivity index (χ0) is 14.7. The van der Waals surface area contributed by atoms with Gasteiger partial charge >= 0.3 is 5.97 Å². The monoisotopic (exact) mass is 281 g/mol. The Labute approximate surface area is 111 Å². The molecular formula is C11H8FN3O5. The Morgan fingerprint density at radius 3 is 2.90 bits per heavy atom. The number of nitro groups is 1. The zero-order valence-electron chi connectivity index (χ0n) is 10.2. The van der Waals surface area contributed by atoms with Gasteiger partial charge < -0.3 is 9.26 Å². The first kappa shape index (κ1) is 13.6. The molecule has 0 saturated heterocycles. The van der Waals surface area contributed by atoms with Gasteiger partial charge in [-0.15, -0.1) is 0 Å². The van der Waals surface area contributed by atoms with Crippen LogP contribution in [0.3, 0.4) is 0 Å². The van der Waals surface area contributed by atoms with Crippen LogP contribution < -0.4 is 0 Å². The summed E-state index contributed by atoms with van der Waals surface area (Å²) in [5.74, 6) is -2.32. The SMILES string of the molecule is CCOC(=O)c1noc(-c2ccc([N+](=O)[O-])cc2F)n1. The van der Waals surface area contributed by atoms with Crippen LogP contribution in [0.15, 0.2) is 22.7 Å². The number of ether oxygens (including phenoxy) is 1. The molecule has 1 aromatic heterocycles. The molecule has 0 aliphatic heterocycles. The average Bonchev–Trinajstić information content (AvgIpc) is 2.88. The second-order valence-electron chi connectivity index (χ2n) is 3.56. The van der Waals surface area contributed by atoms with Crippen molar-refractivity contribution in [1.29, 1.82) is 0 Å². The summed E-state index contributed by atoms with van der Waals surface area (Å²) in [5, 5.41) is 13.8. The van der Waals surface area contributed by atoms with Crippen LogP contribution in [0.5, 0.6) is 0 Å². The quantitative estimate of drug-likeness (QED) is 0.478. The van der Waals surface area contributed by atoms with Gasteiger partial charge in [0.2, 0.25) is 0 Å². The Morgan fingerprint density at radius 1 is 1.55 bits per heavy atom. The number of benzene rings is 1. The molecule has 0 saturated carbocycles. The molecule has 8 nitrogen and oxygen atoms in total. The fraction of sp³-hybridized carbons (Fsp3) is 0.182. The normalized spacial score (nSPS) is 10.3. The minimum atomic E-state index is -0.904. The van der Waals surface area contributed by atoms with Gasteiger partial charge in [-0.3, -0.25) is 10.1 Å². The number of hydrogen-bond acceptors (Lipinski definition) is 7. The molecule has 1 aromatic carbocycles. The molecule has 0 unspecified atom stereocenters. The van der Waals surface area contributed by atoms with Gasteiger partial charge in [0.15, 0.2) is 0 Å². The molecule has 0 N–H and O–H groups in total. The molecule has 2 rings (SSSR count). The van der Waals surface area contributed by atoms with E-state index < -0.39 is 22.4 Å². The van der Waals surface area contributed by atoms with Crippen molar-refractivity contribution in [3.63, 3.8) is 0 Å². The molecule has 0 aliphatic carbocycles. The van der Waals surface area contributed by atoms with E-state index in [0.29, 0.717) is 0 Å². The molecule has 2 aromatic rings. The minimum absolute atomic E-state index is 0.134. The van der Waals surface area contributed by atoms with Crippen molar-refractivity contribution in [2.45, 2.75) is 6.92 Å². The first-order valence-electron chi connectivity index (χ1n) is 5.48. The summed E-state index contributed by atoms with van der Waals surface area (Å²) in [6.07, 6.45) is 0. The zero-order valence-corrected chi connectivity index (χ0v) is 10.2. The van der Waals surface area contributed by atoms with Gasteiger partial charge in [-0.1, -0.05) is 0 Å². The summed E-state index contributed by atoms with van der Waals surface area (Å²) in [5.41, 5.74) is -0.546. The number of halogens is 1. The summed E-state index contributed by atoms with van der Waals surface area (Å²) in [6.45, 7) is 1.74. The van der Waals surface area contributed by atoms with Crippen molar-refractivity contribution in [2.75, 3.05) is 6.61 Å². The van der Waals surface area contributed by atoms with E-state index >= 15 is 0 Å². The molecule has 20 heavy (non-hydrogen) atoms. The maximum Gasteiger partial charge on any atom is 0.379 e. The molecule has 0 radical (unpaired) electrons. The van der Waals surface area contributed by atoms with E-state index in [1.54, 1.807) is 6.92 Å². The predicted octanol–water partition coefficient (Wildman–Crippen LogP) is 1.96. The van der Waals surface area contributed by atoms with Crippen molar-refractivity contribution >= 4 is 11.7 Å². The highest BCUT2D eigenvalue weighted by molar-refractivity contribution is 5.85. The lowest BCUT2D eigenvalue weighted by atomic mass is 10.2. The molecule has 0 aliphatic rings. The topological polar surface area (TPSA) is 108 Å². The Balaban J connectivity index is 2.33. The third kappa shape index (κ3) is 2.60. The van der Waals surface area contributed by atoms with Crippen molar-refractivity contribution in [3.05, 3.63) is 40.0 Å². The summed E-state index contributed by atoms with van der Waals surface area (Å²) in [7, 11) is 0. The lowest BCUT2D eigenvalue weighted by Crippen LogP contribution is -2.06. The van der Waals surface area contributed by atoms with Crippen LogP contribution in [0.1, 0.15) is 17.5 Å². The van der Waals surface area contributed by atoms with Crippen molar-refractivity contribution in [2.24, 2.45) is 0 Å². The Bertz CT molecular complexity index is 670. The van der Waals surface area contributed by atoms with Crippen molar-refractivity contribution in [3.8, 4) is 11.5 Å². The van der Waals surface area contributed by atoms with Crippen LogP contribution in [-0.2, 0) is 4.74 Å². The molecular weight excluding hydrogens is 273 g/mol. The molecule has 9 heteroatoms. The molecule has 0 atom stereocenters. The van der Waals surface area contributed by atoms with Crippen LogP contribution in [-0.4, -0.2) is 27.6 Å². The molecule has 104 valence electrons. The van der Waals surface area contributed by atoms with Crippen LogP contribution >= 0.6 is 0 Å². The number of esters is 1. The van der Waals surface area contributed by atoms with E-state index in [4.69, 9.17) is 4.52 Å². The number of hydrogen-bond donors (Lipinski definition) is 0. The lowest BCUT2D eigenvalue weighted by molar-refractivity contribution is -0.385. The van der Waals surface area contributed by atoms with E-state index in [2.05, 4.69) is 14.9 Å². The van der Waals surface area contributed by atoms with Crippen molar-refractivity contribution in [1.82, 2.24) is 10.1 Å². The number of carbonyl (C=O) groups excluding carboxylic acids is 1.